The summed E-state index contributed by atoms with van der Waals surface area (Å²) >= 11 is 0. The molecule has 0 saturated carbocycles. The fraction of sp³-hybridized carbons (Fsp3) is 0.657. The molecule has 0 bridgehead atoms. The topological polar surface area (TPSA) is 78.9 Å². The van der Waals surface area contributed by atoms with Crippen molar-refractivity contribution in [2.24, 2.45) is 0 Å². The Balaban J connectivity index is 4.50. The largest absolute Gasteiger partial charge is 0.462 e. The van der Waals surface area contributed by atoms with Crippen LogP contribution >= 0.6 is 0 Å². The van der Waals surface area contributed by atoms with Crippen LogP contribution in [-0.4, -0.2) is 37.2 Å². The number of hydrogen-bond donors (Lipinski definition) is 0. The highest BCUT2D eigenvalue weighted by Crippen LogP contribution is 2.15. The Labute approximate surface area is 450 Å². The first-order valence-corrected chi connectivity index (χ1v) is 30.0. The van der Waals surface area contributed by atoms with Crippen molar-refractivity contribution >= 4 is 17.9 Å². The zero-order valence-corrected chi connectivity index (χ0v) is 47.4. The van der Waals surface area contributed by atoms with Crippen LogP contribution in [0.5, 0.6) is 0 Å². The van der Waals surface area contributed by atoms with E-state index in [1.807, 2.05) is 0 Å². The molecule has 0 saturated heterocycles. The lowest BCUT2D eigenvalue weighted by Gasteiger charge is -2.18. The summed E-state index contributed by atoms with van der Waals surface area (Å²) in [5.74, 6) is -0.959. The first-order valence-electron chi connectivity index (χ1n) is 30.0. The smallest absolute Gasteiger partial charge is 0.306 e. The number of ether oxygens (including phenoxy) is 3. The molecule has 414 valence electrons. The SMILES string of the molecule is CC/C=C\C/C=C\C/C=C\C/C=C\C/C=C\CCCCCC(=O)OC[C@H](COC(=O)CCCCCC/C=C\C/C=C\C/C=C\C/C=C\CC)OC(=O)CCCCCCCCCCC/C=C\CCCCCCCC. The summed E-state index contributed by atoms with van der Waals surface area (Å²) < 4.78 is 16.9. The van der Waals surface area contributed by atoms with Gasteiger partial charge in [-0.15, -0.1) is 0 Å². The van der Waals surface area contributed by atoms with Crippen molar-refractivity contribution < 1.29 is 28.6 Å². The molecule has 0 aromatic heterocycles. The molecule has 0 aliphatic rings. The van der Waals surface area contributed by atoms with Gasteiger partial charge in [0.2, 0.25) is 0 Å². The fourth-order valence-electron chi connectivity index (χ4n) is 7.98. The van der Waals surface area contributed by atoms with Crippen LogP contribution in [0.3, 0.4) is 0 Å². The maximum Gasteiger partial charge on any atom is 0.306 e. The summed E-state index contributed by atoms with van der Waals surface area (Å²) in [6.45, 7) is 6.37. The van der Waals surface area contributed by atoms with Gasteiger partial charge in [0, 0.05) is 19.3 Å². The highest BCUT2D eigenvalue weighted by molar-refractivity contribution is 5.71. The van der Waals surface area contributed by atoms with Gasteiger partial charge in [-0.3, -0.25) is 14.4 Å². The number of carbonyl (C=O) groups excluding carboxylic acids is 3. The lowest BCUT2D eigenvalue weighted by molar-refractivity contribution is -0.167. The Kier molecular flexibility index (Phi) is 56.9. The average Bonchev–Trinajstić information content (AvgIpc) is 3.39. The first kappa shape index (κ1) is 68.8. The van der Waals surface area contributed by atoms with Crippen LogP contribution in [0.2, 0.25) is 0 Å². The highest BCUT2D eigenvalue weighted by Gasteiger charge is 2.19. The van der Waals surface area contributed by atoms with Crippen LogP contribution in [0.25, 0.3) is 0 Å². The standard InChI is InChI=1S/C67H110O6/c1-4-7-10-13-16-19-22-25-28-31-33-36-39-42-45-48-51-54-57-60-66(69)72-63-64(62-71-65(68)59-56-53-50-47-44-41-38-35-30-27-24-21-18-15-12-9-6-3)73-67(70)61-58-55-52-49-46-43-40-37-34-32-29-26-23-20-17-14-11-8-5-2/h7,9-10,12,16,18-19,21,25-30,33,36,38,41-42,45,64H,4-6,8,11,13-15,17,20,22-24,31-32,34-35,37,39-40,43-44,46-63H2,1-3H3/b10-7-,12-9-,19-16-,21-18-,28-25-,29-26-,30-27-,36-33-,41-38-,45-42-/t64-/m0/s1. The number of carbonyl (C=O) groups is 3. The molecular formula is C67H110O6. The molecule has 73 heavy (non-hydrogen) atoms. The molecule has 0 unspecified atom stereocenters. The van der Waals surface area contributed by atoms with Crippen LogP contribution < -0.4 is 0 Å². The third-order valence-corrected chi connectivity index (χ3v) is 12.4. The summed E-state index contributed by atoms with van der Waals surface area (Å²) in [7, 11) is 0. The monoisotopic (exact) mass is 1010 g/mol. The van der Waals surface area contributed by atoms with Crippen LogP contribution in [-0.2, 0) is 28.6 Å². The Morgan fingerprint density at radius 2 is 0.534 bits per heavy atom. The van der Waals surface area contributed by atoms with Gasteiger partial charge in [0.1, 0.15) is 13.2 Å². The van der Waals surface area contributed by atoms with Gasteiger partial charge in [0.15, 0.2) is 6.10 Å². The lowest BCUT2D eigenvalue weighted by Crippen LogP contribution is -2.30. The lowest BCUT2D eigenvalue weighted by atomic mass is 10.1. The van der Waals surface area contributed by atoms with E-state index < -0.39 is 6.10 Å². The van der Waals surface area contributed by atoms with Crippen LogP contribution in [0.4, 0.5) is 0 Å². The number of esters is 3. The summed E-state index contributed by atoms with van der Waals surface area (Å²) in [6, 6.07) is 0. The molecule has 0 fully saturated rings. The van der Waals surface area contributed by atoms with Crippen molar-refractivity contribution in [2.45, 2.75) is 271 Å². The van der Waals surface area contributed by atoms with E-state index >= 15 is 0 Å². The maximum atomic E-state index is 12.9. The molecule has 0 amide bonds. The molecule has 0 heterocycles. The van der Waals surface area contributed by atoms with E-state index in [0.29, 0.717) is 19.3 Å². The third-order valence-electron chi connectivity index (χ3n) is 12.4. The summed E-state index contributed by atoms with van der Waals surface area (Å²) in [4.78, 5) is 38.3. The van der Waals surface area contributed by atoms with E-state index in [1.165, 1.54) is 89.9 Å². The van der Waals surface area contributed by atoms with Crippen molar-refractivity contribution in [3.05, 3.63) is 122 Å². The Morgan fingerprint density at radius 1 is 0.288 bits per heavy atom. The molecule has 0 rings (SSSR count). The molecule has 6 heteroatoms. The second kappa shape index (κ2) is 60.4. The van der Waals surface area contributed by atoms with E-state index in [-0.39, 0.29) is 31.1 Å². The number of rotatable bonds is 53. The van der Waals surface area contributed by atoms with Crippen LogP contribution in [0.1, 0.15) is 265 Å². The molecule has 0 spiro atoms. The molecule has 6 nitrogen and oxygen atoms in total. The van der Waals surface area contributed by atoms with Gasteiger partial charge in [0.05, 0.1) is 0 Å². The fourth-order valence-corrected chi connectivity index (χ4v) is 7.98. The predicted octanol–water partition coefficient (Wildman–Crippen LogP) is 20.4. The average molecular weight is 1010 g/mol. The zero-order chi connectivity index (χ0) is 52.9. The normalized spacial score (nSPS) is 13.0. The second-order valence-corrected chi connectivity index (χ2v) is 19.5. The van der Waals surface area contributed by atoms with Crippen molar-refractivity contribution in [1.29, 1.82) is 0 Å². The first-order chi connectivity index (χ1) is 36.0. The molecule has 0 N–H and O–H groups in total. The van der Waals surface area contributed by atoms with E-state index in [2.05, 4.69) is 142 Å². The molecular weight excluding hydrogens is 901 g/mol. The summed E-state index contributed by atoms with van der Waals surface area (Å²) in [5, 5.41) is 0. The molecule has 0 aliphatic heterocycles. The van der Waals surface area contributed by atoms with Gasteiger partial charge in [-0.2, -0.15) is 0 Å². The predicted molar refractivity (Wildman–Crippen MR) is 316 cm³/mol. The summed E-state index contributed by atoms with van der Waals surface area (Å²) in [5.41, 5.74) is 0. The number of hydrogen-bond acceptors (Lipinski definition) is 6. The van der Waals surface area contributed by atoms with Gasteiger partial charge in [-0.25, -0.2) is 0 Å². The van der Waals surface area contributed by atoms with E-state index in [0.717, 1.165) is 135 Å². The van der Waals surface area contributed by atoms with Crippen LogP contribution in [0.15, 0.2) is 122 Å². The van der Waals surface area contributed by atoms with E-state index in [9.17, 15) is 14.4 Å². The van der Waals surface area contributed by atoms with Gasteiger partial charge >= 0.3 is 17.9 Å². The molecule has 0 aromatic carbocycles. The Morgan fingerprint density at radius 3 is 0.863 bits per heavy atom. The van der Waals surface area contributed by atoms with Crippen molar-refractivity contribution in [2.75, 3.05) is 13.2 Å². The minimum Gasteiger partial charge on any atom is -0.462 e. The van der Waals surface area contributed by atoms with Gasteiger partial charge in [-0.1, -0.05) is 239 Å². The molecule has 0 aromatic rings. The minimum atomic E-state index is -0.808. The second-order valence-electron chi connectivity index (χ2n) is 19.5. The zero-order valence-electron chi connectivity index (χ0n) is 47.4. The van der Waals surface area contributed by atoms with E-state index in [1.54, 1.807) is 0 Å². The third kappa shape index (κ3) is 58.6. The summed E-state index contributed by atoms with van der Waals surface area (Å²) in [6.07, 6.45) is 83.3. The quantitative estimate of drug-likeness (QED) is 0.0261. The van der Waals surface area contributed by atoms with Gasteiger partial charge in [0.25, 0.3) is 0 Å². The van der Waals surface area contributed by atoms with Crippen molar-refractivity contribution in [3.8, 4) is 0 Å². The number of unbranched alkanes of at least 4 members (excludes halogenated alkanes) is 22. The van der Waals surface area contributed by atoms with Gasteiger partial charge in [-0.05, 0) is 128 Å². The Bertz CT molecular complexity index is 1540. The van der Waals surface area contributed by atoms with Crippen LogP contribution in [0, 0.1) is 0 Å². The van der Waals surface area contributed by atoms with Gasteiger partial charge < -0.3 is 14.2 Å². The Hall–Kier alpha value is -4.19. The molecule has 0 aliphatic carbocycles. The highest BCUT2D eigenvalue weighted by atomic mass is 16.6. The number of allylic oxidation sites excluding steroid dienone is 20. The van der Waals surface area contributed by atoms with Crippen molar-refractivity contribution in [1.82, 2.24) is 0 Å². The van der Waals surface area contributed by atoms with Crippen molar-refractivity contribution in [3.63, 3.8) is 0 Å². The maximum absolute atomic E-state index is 12.9. The molecule has 1 atom stereocenters. The molecule has 0 radical (unpaired) electrons. The minimum absolute atomic E-state index is 0.105. The van der Waals surface area contributed by atoms with E-state index in [4.69, 9.17) is 14.2 Å².